The Bertz CT molecular complexity index is 1100. The maximum absolute atomic E-state index is 12.7. The first-order valence-electron chi connectivity index (χ1n) is 8.86. The number of carbonyl (C=O) groups is 2. The highest BCUT2D eigenvalue weighted by atomic mass is 32.1. The number of thiazole rings is 1. The molecule has 28 heavy (non-hydrogen) atoms. The number of ether oxygens (including phenoxy) is 3. The van der Waals surface area contributed by atoms with Crippen molar-refractivity contribution in [1.82, 2.24) is 4.57 Å². The summed E-state index contributed by atoms with van der Waals surface area (Å²) < 4.78 is 19.0. The Morgan fingerprint density at radius 1 is 1.18 bits per heavy atom. The third kappa shape index (κ3) is 3.63. The summed E-state index contributed by atoms with van der Waals surface area (Å²) in [6.45, 7) is 2.11. The summed E-state index contributed by atoms with van der Waals surface area (Å²) in [5.74, 6) is 0.272. The molecule has 0 saturated carbocycles. The lowest BCUT2D eigenvalue weighted by Crippen LogP contribution is -2.37. The predicted octanol–water partition coefficient (Wildman–Crippen LogP) is 2.53. The Morgan fingerprint density at radius 2 is 1.93 bits per heavy atom. The van der Waals surface area contributed by atoms with E-state index in [-0.39, 0.29) is 19.1 Å². The van der Waals surface area contributed by atoms with Crippen molar-refractivity contribution in [2.24, 2.45) is 4.99 Å². The molecular formula is C20H18N2O5S. The SMILES string of the molecule is CCOC(=O)Cn1c(=NC(=O)[C@H]2COc3ccccc3O2)sc2ccccc21. The van der Waals surface area contributed by atoms with Gasteiger partial charge >= 0.3 is 5.97 Å². The molecule has 1 aliphatic heterocycles. The second-order valence-electron chi connectivity index (χ2n) is 6.06. The van der Waals surface area contributed by atoms with Gasteiger partial charge in [0.05, 0.1) is 16.8 Å². The normalized spacial score (nSPS) is 16.2. The lowest BCUT2D eigenvalue weighted by molar-refractivity contribution is -0.143. The highest BCUT2D eigenvalue weighted by Gasteiger charge is 2.27. The highest BCUT2D eigenvalue weighted by Crippen LogP contribution is 2.31. The molecule has 2 aromatic carbocycles. The van der Waals surface area contributed by atoms with E-state index in [4.69, 9.17) is 14.2 Å². The number of para-hydroxylation sites is 3. The quantitative estimate of drug-likeness (QED) is 0.631. The predicted molar refractivity (Wildman–Crippen MR) is 103 cm³/mol. The largest absolute Gasteiger partial charge is 0.485 e. The van der Waals surface area contributed by atoms with Crippen molar-refractivity contribution < 1.29 is 23.8 Å². The molecule has 8 heteroatoms. The van der Waals surface area contributed by atoms with E-state index >= 15 is 0 Å². The molecule has 0 aliphatic carbocycles. The van der Waals surface area contributed by atoms with Gasteiger partial charge in [-0.1, -0.05) is 35.6 Å². The number of hydrogen-bond acceptors (Lipinski definition) is 6. The molecule has 0 bridgehead atoms. The Balaban J connectivity index is 1.67. The minimum absolute atomic E-state index is 0.0190. The van der Waals surface area contributed by atoms with Crippen molar-refractivity contribution in [2.75, 3.05) is 13.2 Å². The van der Waals surface area contributed by atoms with Crippen molar-refractivity contribution in [2.45, 2.75) is 19.6 Å². The number of esters is 1. The lowest BCUT2D eigenvalue weighted by Gasteiger charge is -2.23. The number of amides is 1. The average molecular weight is 398 g/mol. The fraction of sp³-hybridized carbons (Fsp3) is 0.250. The van der Waals surface area contributed by atoms with Crippen LogP contribution in [-0.4, -0.2) is 35.8 Å². The summed E-state index contributed by atoms with van der Waals surface area (Å²) in [6.07, 6.45) is -0.837. The summed E-state index contributed by atoms with van der Waals surface area (Å²) in [7, 11) is 0. The molecule has 0 fully saturated rings. The van der Waals surface area contributed by atoms with Gasteiger partial charge in [0.1, 0.15) is 13.2 Å². The number of fused-ring (bicyclic) bond motifs is 2. The molecule has 1 amide bonds. The number of carbonyl (C=O) groups excluding carboxylic acids is 2. The van der Waals surface area contributed by atoms with Gasteiger partial charge in [-0.05, 0) is 31.2 Å². The zero-order chi connectivity index (χ0) is 19.5. The van der Waals surface area contributed by atoms with E-state index in [0.29, 0.717) is 22.9 Å². The molecule has 0 spiro atoms. The van der Waals surface area contributed by atoms with Crippen LogP contribution in [0.2, 0.25) is 0 Å². The van der Waals surface area contributed by atoms with E-state index in [1.54, 1.807) is 23.6 Å². The molecule has 0 N–H and O–H groups in total. The molecule has 7 nitrogen and oxygen atoms in total. The summed E-state index contributed by atoms with van der Waals surface area (Å²) in [4.78, 5) is 29.4. The van der Waals surface area contributed by atoms with Gasteiger partial charge in [0.2, 0.25) is 6.10 Å². The minimum atomic E-state index is -0.837. The Hall–Kier alpha value is -3.13. The smallest absolute Gasteiger partial charge is 0.326 e. The minimum Gasteiger partial charge on any atom is -0.485 e. The van der Waals surface area contributed by atoms with E-state index in [1.165, 1.54) is 11.3 Å². The van der Waals surface area contributed by atoms with Gasteiger partial charge in [0.15, 0.2) is 16.3 Å². The van der Waals surface area contributed by atoms with Crippen molar-refractivity contribution in [3.8, 4) is 11.5 Å². The molecule has 1 atom stereocenters. The first kappa shape index (κ1) is 18.2. The monoisotopic (exact) mass is 398 g/mol. The van der Waals surface area contributed by atoms with Crippen LogP contribution in [0.5, 0.6) is 11.5 Å². The fourth-order valence-corrected chi connectivity index (χ4v) is 3.94. The summed E-state index contributed by atoms with van der Waals surface area (Å²) in [6, 6.07) is 14.7. The summed E-state index contributed by atoms with van der Waals surface area (Å²) >= 11 is 1.33. The number of rotatable bonds is 4. The van der Waals surface area contributed by atoms with E-state index in [1.807, 2.05) is 36.4 Å². The number of benzene rings is 2. The van der Waals surface area contributed by atoms with Crippen molar-refractivity contribution in [3.63, 3.8) is 0 Å². The van der Waals surface area contributed by atoms with E-state index in [0.717, 1.165) is 10.2 Å². The van der Waals surface area contributed by atoms with E-state index < -0.39 is 12.0 Å². The van der Waals surface area contributed by atoms with Crippen molar-refractivity contribution in [3.05, 3.63) is 53.3 Å². The van der Waals surface area contributed by atoms with Gasteiger partial charge < -0.3 is 18.8 Å². The second kappa shape index (κ2) is 7.85. The summed E-state index contributed by atoms with van der Waals surface area (Å²) in [5, 5.41) is 0. The molecule has 144 valence electrons. The van der Waals surface area contributed by atoms with Gasteiger partial charge in [-0.25, -0.2) is 0 Å². The molecule has 3 aromatic rings. The van der Waals surface area contributed by atoms with Crippen molar-refractivity contribution in [1.29, 1.82) is 0 Å². The first-order chi connectivity index (χ1) is 13.7. The molecule has 0 unspecified atom stereocenters. The molecule has 1 aromatic heterocycles. The molecule has 0 saturated heterocycles. The second-order valence-corrected chi connectivity index (χ2v) is 7.07. The Morgan fingerprint density at radius 3 is 2.75 bits per heavy atom. The molecular weight excluding hydrogens is 380 g/mol. The van der Waals surface area contributed by atoms with E-state index in [9.17, 15) is 9.59 Å². The zero-order valence-corrected chi connectivity index (χ0v) is 16.0. The van der Waals surface area contributed by atoms with Crippen LogP contribution in [0.15, 0.2) is 53.5 Å². The maximum Gasteiger partial charge on any atom is 0.326 e. The van der Waals surface area contributed by atoms with Gasteiger partial charge in [-0.3, -0.25) is 9.59 Å². The highest BCUT2D eigenvalue weighted by molar-refractivity contribution is 7.16. The van der Waals surface area contributed by atoms with Crippen LogP contribution in [0, 0.1) is 0 Å². The van der Waals surface area contributed by atoms with Gasteiger partial charge in [-0.15, -0.1) is 0 Å². The first-order valence-corrected chi connectivity index (χ1v) is 9.68. The van der Waals surface area contributed by atoms with Gasteiger partial charge in [0.25, 0.3) is 5.91 Å². The van der Waals surface area contributed by atoms with Crippen LogP contribution in [0.25, 0.3) is 10.2 Å². The van der Waals surface area contributed by atoms with Crippen LogP contribution in [0.3, 0.4) is 0 Å². The van der Waals surface area contributed by atoms with Crippen LogP contribution in [0.1, 0.15) is 6.92 Å². The standard InChI is InChI=1S/C20H18N2O5S/c1-2-25-18(23)11-22-13-7-3-6-10-17(13)28-20(22)21-19(24)16-12-26-14-8-4-5-9-15(14)27-16/h3-10,16H,2,11-12H2,1H3/t16-/m1/s1. The molecule has 4 rings (SSSR count). The zero-order valence-electron chi connectivity index (χ0n) is 15.2. The maximum atomic E-state index is 12.7. The molecule has 2 heterocycles. The van der Waals surface area contributed by atoms with Crippen LogP contribution in [-0.2, 0) is 20.9 Å². The third-order valence-corrected chi connectivity index (χ3v) is 5.23. The van der Waals surface area contributed by atoms with Gasteiger partial charge in [-0.2, -0.15) is 4.99 Å². The van der Waals surface area contributed by atoms with Crippen LogP contribution in [0.4, 0.5) is 0 Å². The van der Waals surface area contributed by atoms with Gasteiger partial charge in [0, 0.05) is 0 Å². The van der Waals surface area contributed by atoms with Crippen molar-refractivity contribution >= 4 is 33.4 Å². The lowest BCUT2D eigenvalue weighted by atomic mass is 10.2. The Kier molecular flexibility index (Phi) is 5.12. The third-order valence-electron chi connectivity index (χ3n) is 4.17. The number of hydrogen-bond donors (Lipinski definition) is 0. The number of nitrogens with zero attached hydrogens (tertiary/aromatic N) is 2. The molecule has 1 aliphatic rings. The van der Waals surface area contributed by atoms with E-state index in [2.05, 4.69) is 4.99 Å². The van der Waals surface area contributed by atoms with Crippen LogP contribution >= 0.6 is 11.3 Å². The fourth-order valence-electron chi connectivity index (χ4n) is 2.90. The van der Waals surface area contributed by atoms with Crippen LogP contribution < -0.4 is 14.3 Å². The Labute approximate surface area is 164 Å². The molecule has 0 radical (unpaired) electrons. The number of aromatic nitrogens is 1. The summed E-state index contributed by atoms with van der Waals surface area (Å²) in [5.41, 5.74) is 0.818. The topological polar surface area (TPSA) is 79.1 Å². The average Bonchev–Trinajstić information content (AvgIpc) is 3.05.